The number of carboxylic acids is 1. The third kappa shape index (κ3) is 3.66. The summed E-state index contributed by atoms with van der Waals surface area (Å²) >= 11 is 0. The van der Waals surface area contributed by atoms with E-state index in [0.717, 1.165) is 29.6 Å². The van der Waals surface area contributed by atoms with Crippen LogP contribution < -0.4 is 0 Å². The number of amides is 1. The molecule has 1 aromatic carbocycles. The molecule has 0 radical (unpaired) electrons. The van der Waals surface area contributed by atoms with Crippen molar-refractivity contribution in [1.82, 2.24) is 9.80 Å². The second-order valence-corrected chi connectivity index (χ2v) is 6.80. The number of carboxylic acid groups (broad SMARTS) is 1. The fourth-order valence-electron chi connectivity index (χ4n) is 3.74. The first-order valence-corrected chi connectivity index (χ1v) is 8.78. The van der Waals surface area contributed by atoms with Gasteiger partial charge in [-0.3, -0.25) is 9.69 Å². The number of benzene rings is 1. The zero-order valence-electron chi connectivity index (χ0n) is 14.8. The van der Waals surface area contributed by atoms with Crippen LogP contribution in [-0.4, -0.2) is 64.8 Å². The van der Waals surface area contributed by atoms with E-state index >= 15 is 0 Å². The highest BCUT2D eigenvalue weighted by Gasteiger charge is 2.54. The Hall–Kier alpha value is -2.13. The Morgan fingerprint density at radius 1 is 1.30 bits per heavy atom. The molecule has 2 saturated heterocycles. The fraction of sp³-hybridized carbons (Fsp3) is 0.556. The Bertz CT molecular complexity index is 730. The summed E-state index contributed by atoms with van der Waals surface area (Å²) in [5.41, 5.74) is -2.24. The molecule has 1 N–H and O–H groups in total. The zero-order valence-corrected chi connectivity index (χ0v) is 14.8. The highest BCUT2D eigenvalue weighted by Crippen LogP contribution is 2.39. The summed E-state index contributed by atoms with van der Waals surface area (Å²) in [4.78, 5) is 28.0. The summed E-state index contributed by atoms with van der Waals surface area (Å²) in [5.74, 6) is -1.99. The minimum atomic E-state index is -4.59. The molecule has 2 heterocycles. The van der Waals surface area contributed by atoms with Crippen LogP contribution in [-0.2, 0) is 15.7 Å². The maximum Gasteiger partial charge on any atom is 0.416 e. The smallest absolute Gasteiger partial charge is 0.416 e. The molecule has 0 bridgehead atoms. The standard InChI is InChI=1S/C18H21F3N2O4/c1-2-22-8-6-17(7-9-22)23(14(11-27-17)16(25)26)15(24)12-4-3-5-13(10-12)18(19,20)21/h3-5,10,14H,2,6-9,11H2,1H3,(H,25,26)/t14-/m1/s1. The molecule has 2 aliphatic rings. The average Bonchev–Trinajstić information content (AvgIpc) is 3.00. The molecule has 148 valence electrons. The molecule has 6 nitrogen and oxygen atoms in total. The quantitative estimate of drug-likeness (QED) is 0.864. The average molecular weight is 386 g/mol. The van der Waals surface area contributed by atoms with Crippen molar-refractivity contribution < 1.29 is 32.6 Å². The Balaban J connectivity index is 1.95. The van der Waals surface area contributed by atoms with Gasteiger partial charge in [-0.1, -0.05) is 13.0 Å². The number of hydrogen-bond donors (Lipinski definition) is 1. The number of alkyl halides is 3. The third-order valence-corrected chi connectivity index (χ3v) is 5.29. The van der Waals surface area contributed by atoms with Gasteiger partial charge in [0.15, 0.2) is 6.04 Å². The Morgan fingerprint density at radius 3 is 2.52 bits per heavy atom. The van der Waals surface area contributed by atoms with Gasteiger partial charge in [-0.15, -0.1) is 0 Å². The Kier molecular flexibility index (Phi) is 5.18. The largest absolute Gasteiger partial charge is 0.480 e. The number of carbonyl (C=O) groups is 2. The number of nitrogens with zero attached hydrogens (tertiary/aromatic N) is 2. The molecule has 3 rings (SSSR count). The van der Waals surface area contributed by atoms with Gasteiger partial charge in [0, 0.05) is 31.5 Å². The molecule has 0 saturated carbocycles. The van der Waals surface area contributed by atoms with Crippen molar-refractivity contribution in [2.75, 3.05) is 26.2 Å². The number of carbonyl (C=O) groups excluding carboxylic acids is 1. The predicted molar refractivity (Wildman–Crippen MR) is 89.1 cm³/mol. The third-order valence-electron chi connectivity index (χ3n) is 5.29. The van der Waals surface area contributed by atoms with Crippen molar-refractivity contribution in [3.63, 3.8) is 0 Å². The molecule has 2 aliphatic heterocycles. The molecule has 1 atom stereocenters. The van der Waals surface area contributed by atoms with Gasteiger partial charge in [-0.2, -0.15) is 13.2 Å². The van der Waals surface area contributed by atoms with E-state index in [0.29, 0.717) is 25.9 Å². The predicted octanol–water partition coefficient (Wildman–Crippen LogP) is 2.44. The minimum absolute atomic E-state index is 0.174. The van der Waals surface area contributed by atoms with Gasteiger partial charge < -0.3 is 14.7 Å². The summed E-state index contributed by atoms with van der Waals surface area (Å²) in [6, 6.07) is 2.83. The zero-order chi connectivity index (χ0) is 19.8. The number of halogens is 3. The van der Waals surface area contributed by atoms with Crippen molar-refractivity contribution in [2.45, 2.75) is 37.7 Å². The maximum atomic E-state index is 13.1. The molecule has 0 aromatic heterocycles. The highest BCUT2D eigenvalue weighted by atomic mass is 19.4. The molecule has 9 heteroatoms. The topological polar surface area (TPSA) is 70.1 Å². The molecule has 1 spiro atoms. The van der Waals surface area contributed by atoms with Crippen LogP contribution in [0.15, 0.2) is 24.3 Å². The summed E-state index contributed by atoms with van der Waals surface area (Å²) in [5, 5.41) is 9.51. The van der Waals surface area contributed by atoms with E-state index in [4.69, 9.17) is 4.74 Å². The lowest BCUT2D eigenvalue weighted by atomic mass is 9.96. The lowest BCUT2D eigenvalue weighted by Gasteiger charge is -2.44. The van der Waals surface area contributed by atoms with Crippen LogP contribution >= 0.6 is 0 Å². The van der Waals surface area contributed by atoms with Gasteiger partial charge in [0.2, 0.25) is 0 Å². The van der Waals surface area contributed by atoms with E-state index in [-0.39, 0.29) is 12.2 Å². The molecule has 1 aromatic rings. The molecule has 0 unspecified atom stereocenters. The summed E-state index contributed by atoms with van der Waals surface area (Å²) in [7, 11) is 0. The van der Waals surface area contributed by atoms with Crippen LogP contribution in [0.25, 0.3) is 0 Å². The van der Waals surface area contributed by atoms with E-state index in [1.54, 1.807) is 0 Å². The minimum Gasteiger partial charge on any atom is -0.480 e. The maximum absolute atomic E-state index is 13.1. The van der Waals surface area contributed by atoms with Crippen LogP contribution in [0.4, 0.5) is 13.2 Å². The summed E-state index contributed by atoms with van der Waals surface area (Å²) < 4.78 is 44.8. The first kappa shape index (κ1) is 19.6. The first-order valence-electron chi connectivity index (χ1n) is 8.78. The van der Waals surface area contributed by atoms with Gasteiger partial charge in [0.1, 0.15) is 5.72 Å². The molecular formula is C18H21F3N2O4. The Labute approximate surface area is 154 Å². The van der Waals surface area contributed by atoms with Gasteiger partial charge in [0.05, 0.1) is 12.2 Å². The first-order chi connectivity index (χ1) is 12.7. The lowest BCUT2D eigenvalue weighted by molar-refractivity contribution is -0.144. The number of rotatable bonds is 3. The van der Waals surface area contributed by atoms with Crippen molar-refractivity contribution in [3.05, 3.63) is 35.4 Å². The fourth-order valence-corrected chi connectivity index (χ4v) is 3.74. The number of aliphatic carboxylic acids is 1. The lowest BCUT2D eigenvalue weighted by Crippen LogP contribution is -2.58. The van der Waals surface area contributed by atoms with Crippen LogP contribution in [0.5, 0.6) is 0 Å². The van der Waals surface area contributed by atoms with Crippen molar-refractivity contribution >= 4 is 11.9 Å². The van der Waals surface area contributed by atoms with Crippen LogP contribution in [0.2, 0.25) is 0 Å². The SMILES string of the molecule is CCN1CCC2(CC1)OC[C@H](C(=O)O)N2C(=O)c1cccc(C(F)(F)F)c1. The van der Waals surface area contributed by atoms with E-state index in [1.165, 1.54) is 6.07 Å². The highest BCUT2D eigenvalue weighted by molar-refractivity contribution is 5.97. The van der Waals surface area contributed by atoms with Crippen molar-refractivity contribution in [3.8, 4) is 0 Å². The molecule has 0 aliphatic carbocycles. The van der Waals surface area contributed by atoms with Gasteiger partial charge in [-0.05, 0) is 24.7 Å². The summed E-state index contributed by atoms with van der Waals surface area (Å²) in [6.07, 6.45) is -3.77. The molecule has 27 heavy (non-hydrogen) atoms. The van der Waals surface area contributed by atoms with E-state index in [1.807, 2.05) is 6.92 Å². The van der Waals surface area contributed by atoms with Gasteiger partial charge >= 0.3 is 12.1 Å². The van der Waals surface area contributed by atoms with Crippen molar-refractivity contribution in [1.29, 1.82) is 0 Å². The molecule has 1 amide bonds. The number of ether oxygens (including phenoxy) is 1. The van der Waals surface area contributed by atoms with Gasteiger partial charge in [0.25, 0.3) is 5.91 Å². The van der Waals surface area contributed by atoms with Crippen LogP contribution in [0.1, 0.15) is 35.7 Å². The second-order valence-electron chi connectivity index (χ2n) is 6.80. The van der Waals surface area contributed by atoms with Crippen molar-refractivity contribution in [2.24, 2.45) is 0 Å². The number of likely N-dealkylation sites (tertiary alicyclic amines) is 1. The van der Waals surface area contributed by atoms with Crippen LogP contribution in [0.3, 0.4) is 0 Å². The monoisotopic (exact) mass is 386 g/mol. The van der Waals surface area contributed by atoms with Crippen LogP contribution in [0, 0.1) is 0 Å². The number of piperidine rings is 1. The second kappa shape index (κ2) is 7.12. The van der Waals surface area contributed by atoms with E-state index in [2.05, 4.69) is 4.90 Å². The molecular weight excluding hydrogens is 365 g/mol. The summed E-state index contributed by atoms with van der Waals surface area (Å²) in [6.45, 7) is 3.88. The number of hydrogen-bond acceptors (Lipinski definition) is 4. The Morgan fingerprint density at radius 2 is 1.96 bits per heavy atom. The van der Waals surface area contributed by atoms with Gasteiger partial charge in [-0.25, -0.2) is 4.79 Å². The normalized spacial score (nSPS) is 23.0. The van der Waals surface area contributed by atoms with E-state index < -0.39 is 35.4 Å². The van der Waals surface area contributed by atoms with E-state index in [9.17, 15) is 27.9 Å². The molecule has 2 fully saturated rings.